The van der Waals surface area contributed by atoms with Crippen molar-refractivity contribution in [2.45, 2.75) is 6.61 Å². The lowest BCUT2D eigenvalue weighted by Crippen LogP contribution is -2.06. The first-order chi connectivity index (χ1) is 9.15. The van der Waals surface area contributed by atoms with Gasteiger partial charge in [-0.25, -0.2) is 4.39 Å². The van der Waals surface area contributed by atoms with Crippen molar-refractivity contribution >= 4 is 34.3 Å². The molecule has 98 valence electrons. The van der Waals surface area contributed by atoms with Crippen LogP contribution >= 0.6 is 22.9 Å². The molecular weight excluding hydrogens is 360 g/mol. The second kappa shape index (κ2) is 6.12. The van der Waals surface area contributed by atoms with Gasteiger partial charge in [0.25, 0.3) is 0 Å². The number of aliphatic hydroxyl groups excluding tert-OH is 1. The molecule has 0 aliphatic carbocycles. The van der Waals surface area contributed by atoms with Crippen LogP contribution in [0.4, 0.5) is 10.1 Å². The Hall–Kier alpha value is -1.47. The van der Waals surface area contributed by atoms with E-state index in [9.17, 15) is 14.3 Å². The Balaban J connectivity index is 2.40. The number of aliphatic hydroxyl groups is 1. The largest absolute Gasteiger partial charge is 0.392 e. The monoisotopic (exact) mass is 371 g/mol. The topological polar surface area (TPSA) is 49.3 Å². The summed E-state index contributed by atoms with van der Waals surface area (Å²) in [6, 6.07) is 10.5. The maximum atomic E-state index is 12.8. The molecule has 0 spiro atoms. The van der Waals surface area contributed by atoms with Crippen LogP contribution < -0.4 is 3.53 Å². The zero-order valence-electron chi connectivity index (χ0n) is 9.86. The molecule has 2 aromatic rings. The number of ketones is 1. The Bertz CT molecular complexity index is 599. The van der Waals surface area contributed by atoms with Crippen molar-refractivity contribution in [3.63, 3.8) is 0 Å². The summed E-state index contributed by atoms with van der Waals surface area (Å²) in [5.41, 5.74) is 2.16. The third kappa shape index (κ3) is 3.10. The van der Waals surface area contributed by atoms with Crippen LogP contribution in [0.25, 0.3) is 0 Å². The molecule has 0 bridgehead atoms. The lowest BCUT2D eigenvalue weighted by molar-refractivity contribution is 0.103. The van der Waals surface area contributed by atoms with Gasteiger partial charge in [0.2, 0.25) is 0 Å². The molecule has 0 saturated carbocycles. The third-order valence-corrected chi connectivity index (χ3v) is 3.36. The molecule has 19 heavy (non-hydrogen) atoms. The number of carbonyl (C=O) groups is 1. The minimum absolute atomic E-state index is 0.228. The van der Waals surface area contributed by atoms with E-state index in [0.717, 1.165) is 5.69 Å². The molecule has 0 aromatic heterocycles. The van der Waals surface area contributed by atoms with Crippen LogP contribution in [-0.4, -0.2) is 10.9 Å². The lowest BCUT2D eigenvalue weighted by Gasteiger charge is -2.08. The van der Waals surface area contributed by atoms with E-state index in [1.807, 2.05) is 22.9 Å². The minimum atomic E-state index is -0.386. The normalized spacial score (nSPS) is 10.3. The molecule has 0 amide bonds. The van der Waals surface area contributed by atoms with Crippen LogP contribution in [0.1, 0.15) is 21.5 Å². The highest BCUT2D eigenvalue weighted by molar-refractivity contribution is 14.1. The molecule has 0 radical (unpaired) electrons. The molecule has 2 N–H and O–H groups in total. The van der Waals surface area contributed by atoms with Gasteiger partial charge in [0, 0.05) is 16.8 Å². The van der Waals surface area contributed by atoms with Gasteiger partial charge in [-0.3, -0.25) is 4.79 Å². The summed E-state index contributed by atoms with van der Waals surface area (Å²) in [6.45, 7) is -0.228. The molecule has 0 fully saturated rings. The van der Waals surface area contributed by atoms with Gasteiger partial charge in [-0.1, -0.05) is 0 Å². The SMILES string of the molecule is O=C(c1ccc(F)cc1)c1ccc(NI)cc1CO. The Morgan fingerprint density at radius 1 is 1.21 bits per heavy atom. The number of rotatable bonds is 4. The van der Waals surface area contributed by atoms with Crippen LogP contribution in [0.2, 0.25) is 0 Å². The highest BCUT2D eigenvalue weighted by Gasteiger charge is 2.13. The summed E-state index contributed by atoms with van der Waals surface area (Å²) in [7, 11) is 0. The fraction of sp³-hybridized carbons (Fsp3) is 0.0714. The highest BCUT2D eigenvalue weighted by atomic mass is 127. The molecule has 0 saturated heterocycles. The first kappa shape index (κ1) is 14.0. The van der Waals surface area contributed by atoms with Crippen molar-refractivity contribution in [3.05, 3.63) is 65.0 Å². The van der Waals surface area contributed by atoms with Crippen molar-refractivity contribution in [3.8, 4) is 0 Å². The highest BCUT2D eigenvalue weighted by Crippen LogP contribution is 2.20. The number of hydrogen-bond acceptors (Lipinski definition) is 3. The first-order valence-corrected chi connectivity index (χ1v) is 6.64. The summed E-state index contributed by atoms with van der Waals surface area (Å²) < 4.78 is 15.7. The summed E-state index contributed by atoms with van der Waals surface area (Å²) in [6.07, 6.45) is 0. The third-order valence-electron chi connectivity index (χ3n) is 2.74. The molecule has 0 aliphatic rings. The van der Waals surface area contributed by atoms with E-state index in [4.69, 9.17) is 0 Å². The quantitative estimate of drug-likeness (QED) is 0.493. The fourth-order valence-corrected chi connectivity index (χ4v) is 2.10. The van der Waals surface area contributed by atoms with Gasteiger partial charge in [-0.05, 0) is 48.0 Å². The van der Waals surface area contributed by atoms with E-state index < -0.39 is 0 Å². The molecule has 3 nitrogen and oxygen atoms in total. The molecule has 0 unspecified atom stereocenters. The van der Waals surface area contributed by atoms with E-state index in [1.54, 1.807) is 18.2 Å². The smallest absolute Gasteiger partial charge is 0.193 e. The number of hydrogen-bond donors (Lipinski definition) is 2. The fourth-order valence-electron chi connectivity index (χ4n) is 1.76. The number of halogens is 2. The second-order valence-electron chi connectivity index (χ2n) is 3.96. The van der Waals surface area contributed by atoms with Crippen molar-refractivity contribution in [1.29, 1.82) is 0 Å². The van der Waals surface area contributed by atoms with Gasteiger partial charge in [-0.2, -0.15) is 0 Å². The van der Waals surface area contributed by atoms with E-state index in [0.29, 0.717) is 16.7 Å². The van der Waals surface area contributed by atoms with Gasteiger partial charge in [0.05, 0.1) is 29.5 Å². The van der Waals surface area contributed by atoms with E-state index in [2.05, 4.69) is 3.53 Å². The molecule has 0 atom stereocenters. The second-order valence-corrected chi connectivity index (χ2v) is 4.50. The zero-order valence-corrected chi connectivity index (χ0v) is 12.0. The molecule has 2 rings (SSSR count). The van der Waals surface area contributed by atoms with Gasteiger partial charge in [0.1, 0.15) is 5.82 Å². The Morgan fingerprint density at radius 3 is 2.47 bits per heavy atom. The average Bonchev–Trinajstić information content (AvgIpc) is 2.46. The standard InChI is InChI=1S/C14H11FINO2/c15-11-3-1-9(2-4-11)14(19)13-6-5-12(17-16)7-10(13)8-18/h1-7,17-18H,8H2. The van der Waals surface area contributed by atoms with Crippen LogP contribution in [0.5, 0.6) is 0 Å². The van der Waals surface area contributed by atoms with Gasteiger partial charge in [0.15, 0.2) is 5.78 Å². The van der Waals surface area contributed by atoms with Crippen LogP contribution in [-0.2, 0) is 6.61 Å². The summed E-state index contributed by atoms with van der Waals surface area (Å²) >= 11 is 1.97. The molecule has 2 aromatic carbocycles. The first-order valence-electron chi connectivity index (χ1n) is 5.56. The predicted molar refractivity (Wildman–Crippen MR) is 79.8 cm³/mol. The number of nitrogens with one attached hydrogen (secondary N) is 1. The summed E-state index contributed by atoms with van der Waals surface area (Å²) in [5, 5.41) is 9.34. The van der Waals surface area contributed by atoms with Crippen LogP contribution in [0, 0.1) is 5.82 Å². The Morgan fingerprint density at radius 2 is 1.89 bits per heavy atom. The number of benzene rings is 2. The van der Waals surface area contributed by atoms with Crippen molar-refractivity contribution < 1.29 is 14.3 Å². The Kier molecular flexibility index (Phi) is 4.49. The lowest BCUT2D eigenvalue weighted by atomic mass is 9.98. The zero-order chi connectivity index (χ0) is 13.8. The van der Waals surface area contributed by atoms with Gasteiger partial charge < -0.3 is 8.64 Å². The predicted octanol–water partition coefficient (Wildman–Crippen LogP) is 3.31. The van der Waals surface area contributed by atoms with Gasteiger partial charge >= 0.3 is 0 Å². The van der Waals surface area contributed by atoms with E-state index in [-0.39, 0.29) is 18.2 Å². The molecule has 5 heteroatoms. The van der Waals surface area contributed by atoms with E-state index >= 15 is 0 Å². The van der Waals surface area contributed by atoms with E-state index in [1.165, 1.54) is 24.3 Å². The molecule has 0 aliphatic heterocycles. The Labute approximate surface area is 124 Å². The minimum Gasteiger partial charge on any atom is -0.392 e. The molecule has 0 heterocycles. The van der Waals surface area contributed by atoms with Gasteiger partial charge in [-0.15, -0.1) is 0 Å². The van der Waals surface area contributed by atoms with Crippen LogP contribution in [0.3, 0.4) is 0 Å². The molecular formula is C14H11FINO2. The van der Waals surface area contributed by atoms with Crippen molar-refractivity contribution in [1.82, 2.24) is 0 Å². The maximum Gasteiger partial charge on any atom is 0.193 e. The summed E-state index contributed by atoms with van der Waals surface area (Å²) in [5.74, 6) is -0.618. The number of anilines is 1. The number of carbonyl (C=O) groups excluding carboxylic acids is 1. The maximum absolute atomic E-state index is 12.8. The van der Waals surface area contributed by atoms with Crippen molar-refractivity contribution in [2.75, 3.05) is 3.53 Å². The summed E-state index contributed by atoms with van der Waals surface area (Å²) in [4.78, 5) is 12.3. The average molecular weight is 371 g/mol. The van der Waals surface area contributed by atoms with Crippen LogP contribution in [0.15, 0.2) is 42.5 Å². The van der Waals surface area contributed by atoms with Crippen molar-refractivity contribution in [2.24, 2.45) is 0 Å².